The highest BCUT2D eigenvalue weighted by Crippen LogP contribution is 2.26. The first-order chi connectivity index (χ1) is 12.0. The maximum atomic E-state index is 12.2. The third-order valence-electron chi connectivity index (χ3n) is 3.70. The molecule has 0 bridgehead atoms. The lowest BCUT2D eigenvalue weighted by Gasteiger charge is -2.05. The second kappa shape index (κ2) is 7.26. The molecule has 25 heavy (non-hydrogen) atoms. The fraction of sp³-hybridized carbons (Fsp3) is 0.158. The normalized spacial score (nSPS) is 15.1. The first-order valence-corrected chi connectivity index (χ1v) is 8.60. The van der Waals surface area contributed by atoms with Crippen LogP contribution in [-0.4, -0.2) is 26.1 Å². The number of hydrogen-bond donors (Lipinski definition) is 0. The van der Waals surface area contributed by atoms with Crippen molar-refractivity contribution in [3.8, 4) is 11.5 Å². The highest BCUT2D eigenvalue weighted by Gasteiger charge is 2.24. The molecule has 6 heteroatoms. The lowest BCUT2D eigenvalue weighted by atomic mass is 10.1. The fourth-order valence-corrected chi connectivity index (χ4v) is 2.72. The first-order valence-electron chi connectivity index (χ1n) is 7.52. The number of aryl methyl sites for hydroxylation is 1. The van der Waals surface area contributed by atoms with E-state index in [0.717, 1.165) is 20.3 Å². The monoisotopic (exact) mass is 449 g/mol. The number of halogens is 1. The van der Waals surface area contributed by atoms with E-state index in [1.54, 1.807) is 38.5 Å². The van der Waals surface area contributed by atoms with E-state index < -0.39 is 5.97 Å². The van der Waals surface area contributed by atoms with Crippen molar-refractivity contribution >= 4 is 40.5 Å². The van der Waals surface area contributed by atoms with Gasteiger partial charge in [-0.1, -0.05) is 0 Å². The van der Waals surface area contributed by atoms with Crippen LogP contribution in [0.15, 0.2) is 47.1 Å². The molecule has 3 rings (SSSR count). The van der Waals surface area contributed by atoms with Crippen LogP contribution in [0, 0.1) is 10.5 Å². The van der Waals surface area contributed by atoms with Gasteiger partial charge in [0.2, 0.25) is 5.90 Å². The Kier molecular flexibility index (Phi) is 5.08. The molecule has 0 atom stereocenters. The second-order valence-corrected chi connectivity index (χ2v) is 6.61. The van der Waals surface area contributed by atoms with E-state index in [1.807, 2.05) is 25.1 Å². The summed E-state index contributed by atoms with van der Waals surface area (Å²) in [6.45, 7) is 2.00. The summed E-state index contributed by atoms with van der Waals surface area (Å²) in [7, 11) is 3.15. The molecule has 0 fully saturated rings. The number of cyclic esters (lactones) is 1. The highest BCUT2D eigenvalue weighted by molar-refractivity contribution is 14.1. The van der Waals surface area contributed by atoms with E-state index in [0.29, 0.717) is 17.4 Å². The molecule has 128 valence electrons. The summed E-state index contributed by atoms with van der Waals surface area (Å²) in [5, 5.41) is 0. The van der Waals surface area contributed by atoms with Crippen molar-refractivity contribution in [1.82, 2.24) is 0 Å². The van der Waals surface area contributed by atoms with Gasteiger partial charge in [-0.2, -0.15) is 0 Å². The van der Waals surface area contributed by atoms with Crippen molar-refractivity contribution in [2.24, 2.45) is 4.99 Å². The number of carbonyl (C=O) groups is 1. The molecule has 0 unspecified atom stereocenters. The van der Waals surface area contributed by atoms with E-state index in [9.17, 15) is 4.79 Å². The minimum absolute atomic E-state index is 0.238. The van der Waals surface area contributed by atoms with Crippen LogP contribution in [0.5, 0.6) is 11.5 Å². The van der Waals surface area contributed by atoms with Gasteiger partial charge in [0.1, 0.15) is 11.5 Å². The Bertz CT molecular complexity index is 880. The van der Waals surface area contributed by atoms with Crippen LogP contribution in [0.2, 0.25) is 0 Å². The number of hydrogen-bond acceptors (Lipinski definition) is 5. The van der Waals surface area contributed by atoms with Gasteiger partial charge in [-0.05, 0) is 77.0 Å². The van der Waals surface area contributed by atoms with Crippen LogP contribution >= 0.6 is 22.6 Å². The molecule has 0 amide bonds. The predicted molar refractivity (Wildman–Crippen MR) is 104 cm³/mol. The standard InChI is InChI=1S/C19H16INO4/c1-11-6-13(4-5-16(11)20)18-21-17(19(22)25-18)9-12-7-14(23-2)10-15(8-12)24-3/h4-10H,1-3H3/b17-9-. The number of carbonyl (C=O) groups excluding carboxylic acids is 1. The van der Waals surface area contributed by atoms with Gasteiger partial charge in [0, 0.05) is 15.2 Å². The van der Waals surface area contributed by atoms with Crippen molar-refractivity contribution in [3.05, 3.63) is 62.4 Å². The minimum atomic E-state index is -0.479. The van der Waals surface area contributed by atoms with E-state index in [-0.39, 0.29) is 5.70 Å². The number of methoxy groups -OCH3 is 2. The summed E-state index contributed by atoms with van der Waals surface area (Å²) in [6, 6.07) is 11.2. The average Bonchev–Trinajstić information content (AvgIpc) is 2.97. The van der Waals surface area contributed by atoms with Gasteiger partial charge in [0.25, 0.3) is 0 Å². The predicted octanol–water partition coefficient (Wildman–Crippen LogP) is 3.96. The molecule has 1 heterocycles. The number of ether oxygens (including phenoxy) is 3. The van der Waals surface area contributed by atoms with Crippen molar-refractivity contribution in [2.45, 2.75) is 6.92 Å². The minimum Gasteiger partial charge on any atom is -0.497 e. The molecule has 0 aromatic heterocycles. The number of aliphatic imine (C=N–C) groups is 1. The van der Waals surface area contributed by atoms with E-state index in [4.69, 9.17) is 14.2 Å². The molecule has 2 aromatic rings. The van der Waals surface area contributed by atoms with Crippen LogP contribution in [-0.2, 0) is 9.53 Å². The van der Waals surface area contributed by atoms with Crippen molar-refractivity contribution in [3.63, 3.8) is 0 Å². The van der Waals surface area contributed by atoms with Crippen LogP contribution in [0.3, 0.4) is 0 Å². The van der Waals surface area contributed by atoms with Gasteiger partial charge in [0.15, 0.2) is 5.70 Å². The van der Waals surface area contributed by atoms with Crippen molar-refractivity contribution in [2.75, 3.05) is 14.2 Å². The van der Waals surface area contributed by atoms with Gasteiger partial charge >= 0.3 is 5.97 Å². The van der Waals surface area contributed by atoms with Gasteiger partial charge < -0.3 is 14.2 Å². The number of benzene rings is 2. The van der Waals surface area contributed by atoms with Crippen LogP contribution < -0.4 is 9.47 Å². The Morgan fingerprint density at radius 2 is 1.76 bits per heavy atom. The summed E-state index contributed by atoms with van der Waals surface area (Å²) in [5.41, 5.74) is 2.86. The van der Waals surface area contributed by atoms with Crippen LogP contribution in [0.1, 0.15) is 16.7 Å². The Balaban J connectivity index is 1.97. The second-order valence-electron chi connectivity index (χ2n) is 5.45. The third-order valence-corrected chi connectivity index (χ3v) is 4.91. The summed E-state index contributed by atoms with van der Waals surface area (Å²) in [4.78, 5) is 16.5. The lowest BCUT2D eigenvalue weighted by molar-refractivity contribution is -0.129. The Hall–Kier alpha value is -2.35. The van der Waals surface area contributed by atoms with Crippen LogP contribution in [0.4, 0.5) is 0 Å². The Labute approximate surface area is 159 Å². The molecular weight excluding hydrogens is 433 g/mol. The molecule has 0 radical (unpaired) electrons. The molecule has 5 nitrogen and oxygen atoms in total. The van der Waals surface area contributed by atoms with Crippen LogP contribution in [0.25, 0.3) is 6.08 Å². The fourth-order valence-electron chi connectivity index (χ4n) is 2.38. The highest BCUT2D eigenvalue weighted by atomic mass is 127. The SMILES string of the molecule is COc1cc(/C=C2\N=C(c3ccc(I)c(C)c3)OC2=O)cc(OC)c1. The van der Waals surface area contributed by atoms with Gasteiger partial charge in [-0.3, -0.25) is 0 Å². The van der Waals surface area contributed by atoms with Crippen molar-refractivity contribution < 1.29 is 19.0 Å². The van der Waals surface area contributed by atoms with Gasteiger partial charge in [-0.15, -0.1) is 0 Å². The Morgan fingerprint density at radius 1 is 1.08 bits per heavy atom. The summed E-state index contributed by atoms with van der Waals surface area (Å²) in [6.07, 6.45) is 1.65. The molecule has 0 aliphatic carbocycles. The molecule has 2 aromatic carbocycles. The topological polar surface area (TPSA) is 57.1 Å². The van der Waals surface area contributed by atoms with E-state index >= 15 is 0 Å². The first kappa shape index (κ1) is 17.5. The molecular formula is C19H16INO4. The number of rotatable bonds is 4. The largest absolute Gasteiger partial charge is 0.497 e. The quantitative estimate of drug-likeness (QED) is 0.403. The number of nitrogens with zero attached hydrogens (tertiary/aromatic N) is 1. The molecule has 1 aliphatic rings. The van der Waals surface area contributed by atoms with E-state index in [2.05, 4.69) is 27.6 Å². The molecule has 0 saturated heterocycles. The third kappa shape index (κ3) is 3.84. The van der Waals surface area contributed by atoms with Gasteiger partial charge in [-0.25, -0.2) is 9.79 Å². The zero-order valence-electron chi connectivity index (χ0n) is 14.0. The number of esters is 1. The van der Waals surface area contributed by atoms with E-state index in [1.165, 1.54) is 0 Å². The lowest BCUT2D eigenvalue weighted by Crippen LogP contribution is -2.05. The smallest absolute Gasteiger partial charge is 0.363 e. The Morgan fingerprint density at radius 3 is 2.36 bits per heavy atom. The zero-order valence-corrected chi connectivity index (χ0v) is 16.2. The maximum absolute atomic E-state index is 12.2. The average molecular weight is 449 g/mol. The van der Waals surface area contributed by atoms with Gasteiger partial charge in [0.05, 0.1) is 14.2 Å². The van der Waals surface area contributed by atoms with Crippen molar-refractivity contribution in [1.29, 1.82) is 0 Å². The summed E-state index contributed by atoms with van der Waals surface area (Å²) < 4.78 is 16.9. The molecule has 1 aliphatic heterocycles. The molecule has 0 spiro atoms. The molecule has 0 N–H and O–H groups in total. The zero-order chi connectivity index (χ0) is 18.0. The summed E-state index contributed by atoms with van der Waals surface area (Å²) >= 11 is 2.26. The summed E-state index contributed by atoms with van der Waals surface area (Å²) in [5.74, 6) is 1.10. The molecule has 0 saturated carbocycles. The maximum Gasteiger partial charge on any atom is 0.363 e.